The molecule has 3 rings (SSSR count). The molecule has 6 nitrogen and oxygen atoms in total. The third-order valence-corrected chi connectivity index (χ3v) is 5.69. The van der Waals surface area contributed by atoms with Gasteiger partial charge in [0.25, 0.3) is 0 Å². The van der Waals surface area contributed by atoms with E-state index in [-0.39, 0.29) is 35.5 Å². The monoisotopic (exact) mass is 516 g/mol. The van der Waals surface area contributed by atoms with Crippen LogP contribution < -0.4 is 15.4 Å². The molecule has 1 heterocycles. The van der Waals surface area contributed by atoms with Crippen LogP contribution in [0, 0.1) is 5.92 Å². The number of morpholine rings is 1. The number of nitrogens with zero attached hydrogens (tertiary/aromatic N) is 2. The molecule has 0 amide bonds. The Morgan fingerprint density at radius 1 is 1.31 bits per heavy atom. The van der Waals surface area contributed by atoms with Crippen LogP contribution in [0.2, 0.25) is 0 Å². The molecule has 2 fully saturated rings. The van der Waals surface area contributed by atoms with Gasteiger partial charge in [0, 0.05) is 50.7 Å². The van der Waals surface area contributed by atoms with Crippen LogP contribution in [0.3, 0.4) is 0 Å². The third-order valence-electron chi connectivity index (χ3n) is 5.69. The van der Waals surface area contributed by atoms with Crippen molar-refractivity contribution in [2.24, 2.45) is 10.9 Å². The fourth-order valence-corrected chi connectivity index (χ4v) is 4.05. The van der Waals surface area contributed by atoms with Crippen LogP contribution >= 0.6 is 24.0 Å². The van der Waals surface area contributed by atoms with Gasteiger partial charge >= 0.3 is 0 Å². The maximum absolute atomic E-state index is 5.94. The Hall–Kier alpha value is -1.06. The Balaban J connectivity index is 0.00000300. The quantitative estimate of drug-likeness (QED) is 0.316. The summed E-state index contributed by atoms with van der Waals surface area (Å²) in [5, 5.41) is 6.97. The lowest BCUT2D eigenvalue weighted by Gasteiger charge is -2.34. The number of nitrogens with one attached hydrogen (secondary N) is 2. The number of aliphatic imine (C=N–C) groups is 1. The molecular formula is C22H37IN4O2. The molecule has 1 aromatic rings. The molecule has 0 bridgehead atoms. The van der Waals surface area contributed by atoms with Crippen molar-refractivity contribution in [2.75, 3.05) is 53.5 Å². The van der Waals surface area contributed by atoms with Gasteiger partial charge < -0.3 is 20.1 Å². The van der Waals surface area contributed by atoms with Gasteiger partial charge in [-0.15, -0.1) is 24.0 Å². The first-order chi connectivity index (χ1) is 13.6. The van der Waals surface area contributed by atoms with Gasteiger partial charge in [0.15, 0.2) is 5.96 Å². The van der Waals surface area contributed by atoms with Crippen molar-refractivity contribution in [3.8, 4) is 5.75 Å². The third kappa shape index (κ3) is 6.72. The first-order valence-corrected chi connectivity index (χ1v) is 10.5. The number of rotatable bonds is 8. The van der Waals surface area contributed by atoms with Gasteiger partial charge in [0.2, 0.25) is 0 Å². The minimum atomic E-state index is 0. The second-order valence-corrected chi connectivity index (χ2v) is 8.43. The maximum atomic E-state index is 5.94. The van der Waals surface area contributed by atoms with E-state index in [0.717, 1.165) is 51.0 Å². The molecule has 1 saturated carbocycles. The maximum Gasteiger partial charge on any atom is 0.191 e. The first-order valence-electron chi connectivity index (χ1n) is 10.5. The molecule has 1 aromatic carbocycles. The van der Waals surface area contributed by atoms with E-state index in [0.29, 0.717) is 5.92 Å². The summed E-state index contributed by atoms with van der Waals surface area (Å²) in [6.07, 6.45) is 2.55. The zero-order chi connectivity index (χ0) is 20.0. The van der Waals surface area contributed by atoms with Gasteiger partial charge in [-0.3, -0.25) is 9.89 Å². The van der Waals surface area contributed by atoms with Crippen molar-refractivity contribution in [3.63, 3.8) is 0 Å². The SMILES string of the molecule is CN=C(NCC1CN(CC(C)C)CCO1)NCC1(c2ccccc2OC)CC1.I. The standard InChI is InChI=1S/C22H36N4O2.HI/c1-17(2)14-26-11-12-28-18(15-26)13-24-21(23-3)25-16-22(9-10-22)19-7-5-6-8-20(19)27-4;/h5-8,17-18H,9-16H2,1-4H3,(H2,23,24,25);1H. The van der Waals surface area contributed by atoms with E-state index in [4.69, 9.17) is 9.47 Å². The van der Waals surface area contributed by atoms with Crippen molar-refractivity contribution >= 4 is 29.9 Å². The van der Waals surface area contributed by atoms with E-state index in [1.54, 1.807) is 7.11 Å². The largest absolute Gasteiger partial charge is 0.496 e. The Bertz CT molecular complexity index is 664. The number of para-hydroxylation sites is 1. The molecule has 7 heteroatoms. The van der Waals surface area contributed by atoms with E-state index in [1.165, 1.54) is 18.4 Å². The van der Waals surface area contributed by atoms with Crippen LogP contribution in [0.25, 0.3) is 0 Å². The average molecular weight is 516 g/mol. The number of benzene rings is 1. The van der Waals surface area contributed by atoms with Crippen LogP contribution in [-0.2, 0) is 10.2 Å². The summed E-state index contributed by atoms with van der Waals surface area (Å²) in [5.74, 6) is 2.50. The Labute approximate surface area is 192 Å². The molecule has 29 heavy (non-hydrogen) atoms. The summed E-state index contributed by atoms with van der Waals surface area (Å²) in [4.78, 5) is 6.90. The number of hydrogen-bond donors (Lipinski definition) is 2. The van der Waals surface area contributed by atoms with Gasteiger partial charge in [-0.1, -0.05) is 32.0 Å². The summed E-state index contributed by atoms with van der Waals surface area (Å²) in [6, 6.07) is 8.35. The summed E-state index contributed by atoms with van der Waals surface area (Å²) < 4.78 is 11.5. The summed E-state index contributed by atoms with van der Waals surface area (Å²) in [6.45, 7) is 10.1. The van der Waals surface area contributed by atoms with Crippen LogP contribution in [0.5, 0.6) is 5.75 Å². The molecule has 1 aliphatic heterocycles. The lowest BCUT2D eigenvalue weighted by Crippen LogP contribution is -2.50. The molecule has 1 atom stereocenters. The zero-order valence-electron chi connectivity index (χ0n) is 18.2. The van der Waals surface area contributed by atoms with E-state index in [2.05, 4.69) is 46.5 Å². The highest BCUT2D eigenvalue weighted by molar-refractivity contribution is 14.0. The predicted molar refractivity (Wildman–Crippen MR) is 130 cm³/mol. The molecule has 2 aliphatic rings. The van der Waals surface area contributed by atoms with Gasteiger partial charge in [-0.25, -0.2) is 0 Å². The minimum Gasteiger partial charge on any atom is -0.496 e. The zero-order valence-corrected chi connectivity index (χ0v) is 20.6. The first kappa shape index (κ1) is 24.2. The fraction of sp³-hybridized carbons (Fsp3) is 0.682. The summed E-state index contributed by atoms with van der Waals surface area (Å²) >= 11 is 0. The van der Waals surface area contributed by atoms with Crippen molar-refractivity contribution in [2.45, 2.75) is 38.2 Å². The van der Waals surface area contributed by atoms with Crippen LogP contribution in [0.1, 0.15) is 32.3 Å². The number of ether oxygens (including phenoxy) is 2. The molecule has 0 radical (unpaired) electrons. The Morgan fingerprint density at radius 3 is 2.72 bits per heavy atom. The highest BCUT2D eigenvalue weighted by Crippen LogP contribution is 2.50. The number of halogens is 1. The molecule has 1 aliphatic carbocycles. The summed E-state index contributed by atoms with van der Waals surface area (Å²) in [5.41, 5.74) is 1.44. The highest BCUT2D eigenvalue weighted by Gasteiger charge is 2.46. The lowest BCUT2D eigenvalue weighted by molar-refractivity contribution is -0.0284. The highest BCUT2D eigenvalue weighted by atomic mass is 127. The van der Waals surface area contributed by atoms with Crippen LogP contribution in [0.4, 0.5) is 0 Å². The van der Waals surface area contributed by atoms with Crippen molar-refractivity contribution in [1.82, 2.24) is 15.5 Å². The molecule has 1 unspecified atom stereocenters. The normalized spacial score (nSPS) is 21.4. The Kier molecular flexibility index (Phi) is 9.49. The number of methoxy groups -OCH3 is 1. The molecule has 164 valence electrons. The summed E-state index contributed by atoms with van der Waals surface area (Å²) in [7, 11) is 3.57. The van der Waals surface area contributed by atoms with Crippen LogP contribution in [0.15, 0.2) is 29.3 Å². The van der Waals surface area contributed by atoms with Gasteiger partial charge in [-0.05, 0) is 24.8 Å². The van der Waals surface area contributed by atoms with Gasteiger partial charge in [0.1, 0.15) is 5.75 Å². The molecule has 0 aromatic heterocycles. The van der Waals surface area contributed by atoms with Crippen molar-refractivity contribution < 1.29 is 9.47 Å². The minimum absolute atomic E-state index is 0. The average Bonchev–Trinajstić information content (AvgIpc) is 3.49. The van der Waals surface area contributed by atoms with Crippen molar-refractivity contribution in [3.05, 3.63) is 29.8 Å². The van der Waals surface area contributed by atoms with Gasteiger partial charge in [-0.2, -0.15) is 0 Å². The molecular weight excluding hydrogens is 479 g/mol. The molecule has 0 spiro atoms. The van der Waals surface area contributed by atoms with E-state index in [1.807, 2.05) is 19.2 Å². The molecule has 2 N–H and O–H groups in total. The van der Waals surface area contributed by atoms with Crippen molar-refractivity contribution in [1.29, 1.82) is 0 Å². The lowest BCUT2D eigenvalue weighted by atomic mass is 9.95. The fourth-order valence-electron chi connectivity index (χ4n) is 4.05. The van der Waals surface area contributed by atoms with E-state index < -0.39 is 0 Å². The Morgan fingerprint density at radius 2 is 2.07 bits per heavy atom. The number of hydrogen-bond acceptors (Lipinski definition) is 4. The topological polar surface area (TPSA) is 58.1 Å². The van der Waals surface area contributed by atoms with Crippen LogP contribution in [-0.4, -0.2) is 70.5 Å². The van der Waals surface area contributed by atoms with Gasteiger partial charge in [0.05, 0.1) is 19.8 Å². The number of guanidine groups is 1. The second-order valence-electron chi connectivity index (χ2n) is 8.43. The molecule has 1 saturated heterocycles. The smallest absolute Gasteiger partial charge is 0.191 e. The van der Waals surface area contributed by atoms with E-state index >= 15 is 0 Å². The predicted octanol–water partition coefficient (Wildman–Crippen LogP) is 2.87. The second kappa shape index (κ2) is 11.4. The van der Waals surface area contributed by atoms with E-state index in [9.17, 15) is 0 Å².